The minimum Gasteiger partial charge on any atom is -0.381 e. The molecular weight excluding hydrogens is 236 g/mol. The number of amides is 1. The van der Waals surface area contributed by atoms with Crippen LogP contribution < -0.4 is 10.5 Å². The Kier molecular flexibility index (Phi) is 3.52. The van der Waals surface area contributed by atoms with Crippen molar-refractivity contribution in [2.45, 2.75) is 0 Å². The first-order valence-corrected chi connectivity index (χ1v) is 5.78. The second-order valence-corrected chi connectivity index (χ2v) is 4.02. The summed E-state index contributed by atoms with van der Waals surface area (Å²) in [6.45, 7) is 0. The van der Waals surface area contributed by atoms with E-state index in [1.165, 1.54) is 11.3 Å². The molecule has 0 aliphatic carbocycles. The van der Waals surface area contributed by atoms with Crippen LogP contribution in [0.4, 0.5) is 4.79 Å². The Morgan fingerprint density at radius 3 is 2.76 bits per heavy atom. The van der Waals surface area contributed by atoms with Gasteiger partial charge in [0, 0.05) is 5.38 Å². The van der Waals surface area contributed by atoms with Crippen LogP contribution in [0.25, 0.3) is 12.2 Å². The van der Waals surface area contributed by atoms with E-state index in [1.807, 2.05) is 42.5 Å². The van der Waals surface area contributed by atoms with Gasteiger partial charge in [-0.1, -0.05) is 47.7 Å². The smallest absolute Gasteiger partial charge is 0.381 e. The second-order valence-electron chi connectivity index (χ2n) is 3.20. The molecule has 0 aliphatic heterocycles. The number of nitrogens with two attached hydrogens (primary N) is 1. The molecule has 0 saturated heterocycles. The van der Waals surface area contributed by atoms with Crippen molar-refractivity contribution in [3.8, 4) is 5.19 Å². The van der Waals surface area contributed by atoms with Crippen LogP contribution in [-0.2, 0) is 0 Å². The number of carbonyl (C=O) groups is 1. The zero-order valence-corrected chi connectivity index (χ0v) is 9.68. The molecule has 0 aliphatic rings. The lowest BCUT2D eigenvalue weighted by Gasteiger charge is -1.91. The van der Waals surface area contributed by atoms with E-state index in [4.69, 9.17) is 5.73 Å². The summed E-state index contributed by atoms with van der Waals surface area (Å²) >= 11 is 1.23. The van der Waals surface area contributed by atoms with Crippen LogP contribution in [0.5, 0.6) is 5.19 Å². The summed E-state index contributed by atoms with van der Waals surface area (Å²) in [5.74, 6) is 0. The molecule has 0 unspecified atom stereocenters. The van der Waals surface area contributed by atoms with Gasteiger partial charge in [0.15, 0.2) is 0 Å². The fourth-order valence-electron chi connectivity index (χ4n) is 1.22. The maximum absolute atomic E-state index is 10.5. The van der Waals surface area contributed by atoms with E-state index in [2.05, 4.69) is 9.72 Å². The summed E-state index contributed by atoms with van der Waals surface area (Å²) < 4.78 is 4.66. The zero-order chi connectivity index (χ0) is 12.1. The molecule has 1 aromatic heterocycles. The van der Waals surface area contributed by atoms with Gasteiger partial charge in [0.1, 0.15) is 0 Å². The molecule has 0 saturated carbocycles. The molecule has 0 fully saturated rings. The quantitative estimate of drug-likeness (QED) is 0.905. The minimum atomic E-state index is -0.849. The molecule has 0 spiro atoms. The maximum Gasteiger partial charge on any atom is 0.411 e. The molecule has 86 valence electrons. The predicted octanol–water partition coefficient (Wildman–Crippen LogP) is 2.77. The van der Waals surface area contributed by atoms with E-state index in [0.717, 1.165) is 11.3 Å². The number of benzene rings is 1. The second kappa shape index (κ2) is 5.27. The minimum absolute atomic E-state index is 0.255. The van der Waals surface area contributed by atoms with E-state index < -0.39 is 6.09 Å². The highest BCUT2D eigenvalue weighted by Crippen LogP contribution is 2.19. The highest BCUT2D eigenvalue weighted by Gasteiger charge is 2.03. The molecule has 1 aromatic carbocycles. The number of carbonyl (C=O) groups excluding carboxylic acids is 1. The van der Waals surface area contributed by atoms with Gasteiger partial charge in [0.2, 0.25) is 0 Å². The number of ether oxygens (including phenoxy) is 1. The summed E-state index contributed by atoms with van der Waals surface area (Å²) in [4.78, 5) is 14.6. The van der Waals surface area contributed by atoms with Crippen LogP contribution in [0, 0.1) is 0 Å². The highest BCUT2D eigenvalue weighted by molar-refractivity contribution is 7.11. The van der Waals surface area contributed by atoms with Crippen molar-refractivity contribution in [2.75, 3.05) is 0 Å². The first kappa shape index (κ1) is 11.3. The Balaban J connectivity index is 2.06. The summed E-state index contributed by atoms with van der Waals surface area (Å²) in [6.07, 6.45) is 2.93. The lowest BCUT2D eigenvalue weighted by atomic mass is 10.2. The van der Waals surface area contributed by atoms with Crippen molar-refractivity contribution in [1.82, 2.24) is 4.98 Å². The van der Waals surface area contributed by atoms with Crippen molar-refractivity contribution >= 4 is 29.6 Å². The third kappa shape index (κ3) is 3.42. The first-order chi connectivity index (χ1) is 8.24. The molecule has 2 aromatic rings. The third-order valence-corrected chi connectivity index (χ3v) is 2.67. The average Bonchev–Trinajstić information content (AvgIpc) is 2.75. The Hall–Kier alpha value is -2.14. The molecule has 1 heterocycles. The van der Waals surface area contributed by atoms with E-state index in [1.54, 1.807) is 5.38 Å². The van der Waals surface area contributed by atoms with Gasteiger partial charge in [-0.2, -0.15) is 0 Å². The van der Waals surface area contributed by atoms with E-state index >= 15 is 0 Å². The molecule has 4 nitrogen and oxygen atoms in total. The third-order valence-electron chi connectivity index (χ3n) is 1.93. The maximum atomic E-state index is 10.5. The molecule has 0 bridgehead atoms. The van der Waals surface area contributed by atoms with Gasteiger partial charge in [-0.25, -0.2) is 9.78 Å². The SMILES string of the molecule is NC(=O)Oc1nc(C=Cc2ccccc2)cs1. The van der Waals surface area contributed by atoms with Crippen LogP contribution >= 0.6 is 11.3 Å². The van der Waals surface area contributed by atoms with Crippen molar-refractivity contribution < 1.29 is 9.53 Å². The van der Waals surface area contributed by atoms with Gasteiger partial charge in [-0.3, -0.25) is 0 Å². The lowest BCUT2D eigenvalue weighted by Crippen LogP contribution is -2.15. The Bertz CT molecular complexity index is 534. The molecular formula is C12H10N2O2S. The molecule has 2 rings (SSSR count). The van der Waals surface area contributed by atoms with Crippen molar-refractivity contribution in [2.24, 2.45) is 5.73 Å². The van der Waals surface area contributed by atoms with Crippen LogP contribution in [0.2, 0.25) is 0 Å². The fraction of sp³-hybridized carbons (Fsp3) is 0. The first-order valence-electron chi connectivity index (χ1n) is 4.90. The Morgan fingerprint density at radius 1 is 1.29 bits per heavy atom. The molecule has 0 radical (unpaired) electrons. The lowest BCUT2D eigenvalue weighted by molar-refractivity contribution is 0.210. The van der Waals surface area contributed by atoms with Crippen LogP contribution in [0.1, 0.15) is 11.3 Å². The number of hydrogen-bond acceptors (Lipinski definition) is 4. The molecule has 0 atom stereocenters. The predicted molar refractivity (Wildman–Crippen MR) is 67.7 cm³/mol. The van der Waals surface area contributed by atoms with Crippen molar-refractivity contribution in [3.63, 3.8) is 0 Å². The number of primary amides is 1. The van der Waals surface area contributed by atoms with Gasteiger partial charge in [-0.15, -0.1) is 0 Å². The van der Waals surface area contributed by atoms with Crippen molar-refractivity contribution in [3.05, 3.63) is 47.0 Å². The Morgan fingerprint density at radius 2 is 2.06 bits per heavy atom. The fourth-order valence-corrected chi connectivity index (χ4v) is 1.87. The summed E-state index contributed by atoms with van der Waals surface area (Å²) in [5, 5.41) is 2.04. The number of rotatable bonds is 3. The molecule has 1 amide bonds. The Labute approximate surface area is 102 Å². The number of nitrogens with zero attached hydrogens (tertiary/aromatic N) is 1. The van der Waals surface area contributed by atoms with Crippen LogP contribution in [0.15, 0.2) is 35.7 Å². The normalized spacial score (nSPS) is 10.6. The average molecular weight is 246 g/mol. The van der Waals surface area contributed by atoms with Gasteiger partial charge < -0.3 is 10.5 Å². The van der Waals surface area contributed by atoms with Crippen LogP contribution in [0.3, 0.4) is 0 Å². The zero-order valence-electron chi connectivity index (χ0n) is 8.87. The number of aromatic nitrogens is 1. The highest BCUT2D eigenvalue weighted by atomic mass is 32.1. The summed E-state index contributed by atoms with van der Waals surface area (Å²) in [6, 6.07) is 9.86. The van der Waals surface area contributed by atoms with Gasteiger partial charge in [0.05, 0.1) is 5.69 Å². The van der Waals surface area contributed by atoms with E-state index in [0.29, 0.717) is 0 Å². The number of hydrogen-bond donors (Lipinski definition) is 1. The van der Waals surface area contributed by atoms with Crippen LogP contribution in [-0.4, -0.2) is 11.1 Å². The summed E-state index contributed by atoms with van der Waals surface area (Å²) in [7, 11) is 0. The van der Waals surface area contributed by atoms with Gasteiger partial charge in [0.25, 0.3) is 5.19 Å². The van der Waals surface area contributed by atoms with Crippen molar-refractivity contribution in [1.29, 1.82) is 0 Å². The summed E-state index contributed by atoms with van der Waals surface area (Å²) in [5.41, 5.74) is 6.70. The monoisotopic (exact) mass is 246 g/mol. The topological polar surface area (TPSA) is 65.2 Å². The standard InChI is InChI=1S/C12H10N2O2S/c13-11(15)16-12-14-10(8-17-12)7-6-9-4-2-1-3-5-9/h1-8H,(H2,13,15). The largest absolute Gasteiger partial charge is 0.411 e. The van der Waals surface area contributed by atoms with Gasteiger partial charge in [-0.05, 0) is 11.6 Å². The van der Waals surface area contributed by atoms with Gasteiger partial charge >= 0.3 is 6.09 Å². The van der Waals surface area contributed by atoms with E-state index in [9.17, 15) is 4.79 Å². The molecule has 5 heteroatoms. The van der Waals surface area contributed by atoms with E-state index in [-0.39, 0.29) is 5.19 Å². The molecule has 2 N–H and O–H groups in total. The molecule has 17 heavy (non-hydrogen) atoms. The number of thiazole rings is 1.